The van der Waals surface area contributed by atoms with Crippen LogP contribution in [0.2, 0.25) is 0 Å². The van der Waals surface area contributed by atoms with Crippen molar-refractivity contribution in [3.63, 3.8) is 0 Å². The number of phosphoric ester groups is 1. The molecule has 7 atom stereocenters. The van der Waals surface area contributed by atoms with Crippen LogP contribution in [-0.2, 0) is 34.3 Å². The normalized spacial score (nSPS) is 28.0. The highest BCUT2D eigenvalue weighted by molar-refractivity contribution is 7.99. The fraction of sp³-hybridized carbons (Fsp3) is 0.423. The minimum atomic E-state index is -4.75. The number of aliphatic hydroxyl groups excluding tert-OH is 2. The number of anilines is 4. The van der Waals surface area contributed by atoms with Crippen molar-refractivity contribution in [3.05, 3.63) is 56.9 Å². The number of para-hydroxylation sites is 1. The van der Waals surface area contributed by atoms with Crippen LogP contribution in [0.1, 0.15) is 24.6 Å². The van der Waals surface area contributed by atoms with Crippen molar-refractivity contribution < 1.29 is 43.0 Å². The standard InChI is InChI=1S/C26H28N7O11PS/c27-25-30-23-11(24(37)31-25)5-19(36)33(23)21-7-14(35)16(44-21)10-42-45(39,40)41-9-15-13(34)6-20(43-15)32-8-18-22(29-26(32)38)28-12-3-1-2-4-17(12)46-18/h1-4,8,13-16,20-21,34-35H,5-7,9-10H2,(H,39,40)(H,28,29,38)(H3,27,30,31,37)/t13?,14?,15-,16-,20-,21-/m1/s1. The molecule has 2 fully saturated rings. The lowest BCUT2D eigenvalue weighted by Crippen LogP contribution is -2.38. The fourth-order valence-electron chi connectivity index (χ4n) is 5.67. The third-order valence-corrected chi connectivity index (χ3v) is 9.97. The number of aromatic amines is 1. The van der Waals surface area contributed by atoms with E-state index in [0.29, 0.717) is 10.7 Å². The second-order valence-corrected chi connectivity index (χ2v) is 13.5. The number of aromatic nitrogens is 4. The van der Waals surface area contributed by atoms with Gasteiger partial charge in [-0.25, -0.2) is 9.36 Å². The molecule has 0 bridgehead atoms. The van der Waals surface area contributed by atoms with Gasteiger partial charge in [0.2, 0.25) is 11.9 Å². The summed E-state index contributed by atoms with van der Waals surface area (Å²) in [5, 5.41) is 24.2. The smallest absolute Gasteiger partial charge is 0.390 e. The summed E-state index contributed by atoms with van der Waals surface area (Å²) in [7, 11) is -4.75. The number of H-pyrrole nitrogens is 1. The summed E-state index contributed by atoms with van der Waals surface area (Å²) in [6, 6.07) is 7.55. The van der Waals surface area contributed by atoms with Gasteiger partial charge in [-0.3, -0.25) is 33.1 Å². The molecule has 1 aromatic carbocycles. The van der Waals surface area contributed by atoms with Crippen molar-refractivity contribution in [3.8, 4) is 0 Å². The average molecular weight is 678 g/mol. The zero-order valence-corrected chi connectivity index (χ0v) is 25.4. The number of nitrogens with two attached hydrogens (primary N) is 1. The van der Waals surface area contributed by atoms with Crippen LogP contribution >= 0.6 is 19.6 Å². The van der Waals surface area contributed by atoms with E-state index >= 15 is 0 Å². The summed E-state index contributed by atoms with van der Waals surface area (Å²) in [4.78, 5) is 61.1. The van der Waals surface area contributed by atoms with Crippen molar-refractivity contribution in [2.75, 3.05) is 29.2 Å². The molecule has 1 amide bonds. The molecule has 4 aliphatic rings. The number of nitrogen functional groups attached to an aromatic ring is 1. The van der Waals surface area contributed by atoms with Crippen molar-refractivity contribution in [2.24, 2.45) is 0 Å². The Morgan fingerprint density at radius 1 is 1.02 bits per heavy atom. The predicted octanol–water partition coefficient (Wildman–Crippen LogP) is -0.0358. The number of amides is 1. The summed E-state index contributed by atoms with van der Waals surface area (Å²) in [5.74, 6) is -0.269. The van der Waals surface area contributed by atoms with E-state index in [4.69, 9.17) is 24.3 Å². The Labute approximate surface area is 263 Å². The number of phosphoric acid groups is 1. The highest BCUT2D eigenvalue weighted by Crippen LogP contribution is 2.46. The maximum Gasteiger partial charge on any atom is 0.472 e. The van der Waals surface area contributed by atoms with E-state index in [-0.39, 0.29) is 36.6 Å². The molecule has 4 aliphatic heterocycles. The Balaban J connectivity index is 0.941. The van der Waals surface area contributed by atoms with Gasteiger partial charge in [0.15, 0.2) is 11.6 Å². The van der Waals surface area contributed by atoms with Gasteiger partial charge in [-0.1, -0.05) is 23.9 Å². The van der Waals surface area contributed by atoms with Crippen molar-refractivity contribution >= 4 is 48.8 Å². The Bertz CT molecular complexity index is 1870. The highest BCUT2D eigenvalue weighted by atomic mass is 32.2. The second-order valence-electron chi connectivity index (χ2n) is 11.0. The molecule has 46 heavy (non-hydrogen) atoms. The van der Waals surface area contributed by atoms with Crippen molar-refractivity contribution in [1.29, 1.82) is 0 Å². The van der Waals surface area contributed by atoms with Crippen LogP contribution in [0, 0.1) is 0 Å². The van der Waals surface area contributed by atoms with E-state index in [1.807, 2.05) is 24.3 Å². The molecule has 244 valence electrons. The minimum absolute atomic E-state index is 0.00606. The fourth-order valence-corrected chi connectivity index (χ4v) is 7.39. The van der Waals surface area contributed by atoms with E-state index in [1.165, 1.54) is 16.3 Å². The lowest BCUT2D eigenvalue weighted by atomic mass is 10.2. The SMILES string of the molecule is Nc1nc2c(c(=O)[nH]1)CC(=O)N2[C@H]1CC(O)[C@@H](COP(=O)(O)OC[C@H]2O[C@@H](n3cc4c(nc3=O)Nc3ccccc3S4)CC2O)O1. The van der Waals surface area contributed by atoms with Gasteiger partial charge < -0.3 is 35.6 Å². The first-order chi connectivity index (χ1) is 22.0. The molecule has 0 aliphatic carbocycles. The molecule has 3 aromatic rings. The van der Waals surface area contributed by atoms with Crippen LogP contribution in [0.4, 0.5) is 23.3 Å². The molecule has 0 radical (unpaired) electrons. The van der Waals surface area contributed by atoms with Gasteiger partial charge >= 0.3 is 13.5 Å². The van der Waals surface area contributed by atoms with E-state index in [2.05, 4.69) is 20.3 Å². The molecule has 20 heteroatoms. The van der Waals surface area contributed by atoms with E-state index in [0.717, 1.165) is 15.5 Å². The molecular formula is C26H28N7O11PS. The monoisotopic (exact) mass is 677 g/mol. The summed E-state index contributed by atoms with van der Waals surface area (Å²) < 4.78 is 35.6. The largest absolute Gasteiger partial charge is 0.472 e. The number of hydrogen-bond acceptors (Lipinski definition) is 15. The van der Waals surface area contributed by atoms with E-state index in [1.54, 1.807) is 6.20 Å². The number of ether oxygens (including phenoxy) is 2. The Hall–Kier alpha value is -3.65. The Morgan fingerprint density at radius 2 is 1.70 bits per heavy atom. The predicted molar refractivity (Wildman–Crippen MR) is 158 cm³/mol. The maximum atomic E-state index is 12.8. The molecule has 7 rings (SSSR count). The first kappa shape index (κ1) is 31.0. The highest BCUT2D eigenvalue weighted by Gasteiger charge is 2.45. The van der Waals surface area contributed by atoms with Gasteiger partial charge in [0.1, 0.15) is 24.7 Å². The molecule has 0 spiro atoms. The van der Waals surface area contributed by atoms with Crippen molar-refractivity contribution in [1.82, 2.24) is 19.5 Å². The van der Waals surface area contributed by atoms with Gasteiger partial charge in [0, 0.05) is 23.9 Å². The Morgan fingerprint density at radius 3 is 2.43 bits per heavy atom. The first-order valence-electron chi connectivity index (χ1n) is 14.1. The number of hydrogen-bond donors (Lipinski definition) is 6. The lowest BCUT2D eigenvalue weighted by molar-refractivity contribution is -0.120. The number of fused-ring (bicyclic) bond motifs is 3. The number of nitrogens with zero attached hydrogens (tertiary/aromatic N) is 4. The molecule has 2 aromatic heterocycles. The quantitative estimate of drug-likeness (QED) is 0.134. The molecule has 3 unspecified atom stereocenters. The van der Waals surface area contributed by atoms with E-state index in [9.17, 15) is 34.1 Å². The Kier molecular flexibility index (Phi) is 7.98. The number of nitrogens with one attached hydrogen (secondary N) is 2. The zero-order chi connectivity index (χ0) is 32.3. The lowest BCUT2D eigenvalue weighted by Gasteiger charge is -2.24. The topological polar surface area (TPSA) is 254 Å². The van der Waals surface area contributed by atoms with Crippen LogP contribution < -0.4 is 27.2 Å². The first-order valence-corrected chi connectivity index (χ1v) is 16.4. The number of aliphatic hydroxyl groups is 2. The minimum Gasteiger partial charge on any atom is -0.390 e. The second kappa shape index (κ2) is 11.9. The molecule has 2 saturated heterocycles. The summed E-state index contributed by atoms with van der Waals surface area (Å²) in [6.45, 7) is -1.15. The summed E-state index contributed by atoms with van der Waals surface area (Å²) in [5.41, 5.74) is 5.38. The van der Waals surface area contributed by atoms with Gasteiger partial charge in [0.25, 0.3) is 5.56 Å². The van der Waals surface area contributed by atoms with Gasteiger partial charge in [-0.15, -0.1) is 0 Å². The van der Waals surface area contributed by atoms with Crippen molar-refractivity contribution in [2.45, 2.75) is 65.9 Å². The van der Waals surface area contributed by atoms with Crippen LogP contribution in [-0.4, -0.2) is 84.4 Å². The van der Waals surface area contributed by atoms with Gasteiger partial charge in [-0.2, -0.15) is 9.97 Å². The number of rotatable bonds is 8. The third-order valence-electron chi connectivity index (χ3n) is 7.93. The molecule has 7 N–H and O–H groups in total. The summed E-state index contributed by atoms with van der Waals surface area (Å²) >= 11 is 1.42. The molecular weight excluding hydrogens is 649 g/mol. The van der Waals surface area contributed by atoms with Crippen LogP contribution in [0.5, 0.6) is 0 Å². The average Bonchev–Trinajstić information content (AvgIpc) is 3.67. The van der Waals surface area contributed by atoms with Gasteiger partial charge in [0.05, 0.1) is 48.0 Å². The molecule has 18 nitrogen and oxygen atoms in total. The number of carbonyl (C=O) groups excluding carboxylic acids is 1. The van der Waals surface area contributed by atoms with E-state index < -0.39 is 75.1 Å². The number of carbonyl (C=O) groups is 1. The molecule has 0 saturated carbocycles. The maximum absolute atomic E-state index is 12.8. The third kappa shape index (κ3) is 5.85. The zero-order valence-electron chi connectivity index (χ0n) is 23.7. The molecule has 6 heterocycles. The summed E-state index contributed by atoms with van der Waals surface area (Å²) in [6.07, 6.45) is -5.25. The van der Waals surface area contributed by atoms with Crippen LogP contribution in [0.25, 0.3) is 0 Å². The van der Waals surface area contributed by atoms with Gasteiger partial charge in [-0.05, 0) is 12.1 Å². The number of benzene rings is 1. The van der Waals surface area contributed by atoms with Crippen LogP contribution in [0.15, 0.2) is 49.8 Å². The van der Waals surface area contributed by atoms with Crippen LogP contribution in [0.3, 0.4) is 0 Å².